The molecule has 0 aliphatic heterocycles. The topological polar surface area (TPSA) is 67.2 Å². The van der Waals surface area contributed by atoms with E-state index in [-0.39, 0.29) is 23.5 Å². The van der Waals surface area contributed by atoms with Crippen molar-refractivity contribution in [3.05, 3.63) is 52.8 Å². The molecule has 138 valence electrons. The van der Waals surface area contributed by atoms with Crippen LogP contribution in [0.25, 0.3) is 5.57 Å². The molecule has 3 rings (SSSR count). The number of hydrogen-bond donors (Lipinski definition) is 2. The molecule has 1 aliphatic rings. The van der Waals surface area contributed by atoms with Crippen molar-refractivity contribution in [2.75, 3.05) is 11.9 Å². The largest absolute Gasteiger partial charge is 0.396 e. The van der Waals surface area contributed by atoms with Crippen molar-refractivity contribution in [2.45, 2.75) is 19.8 Å². The smallest absolute Gasteiger partial charge is 0.274 e. The third-order valence-electron chi connectivity index (χ3n) is 4.87. The number of aromatic nitrogens is 2. The number of anilines is 1. The Hall–Kier alpha value is -2.18. The molecule has 2 aromatic rings. The van der Waals surface area contributed by atoms with E-state index in [0.717, 1.165) is 18.4 Å². The van der Waals surface area contributed by atoms with E-state index in [4.69, 9.17) is 11.6 Å². The van der Waals surface area contributed by atoms with E-state index in [9.17, 15) is 14.3 Å². The van der Waals surface area contributed by atoms with Crippen LogP contribution in [0.15, 0.2) is 30.6 Å². The summed E-state index contributed by atoms with van der Waals surface area (Å²) in [6.45, 7) is 2.18. The molecule has 26 heavy (non-hydrogen) atoms. The summed E-state index contributed by atoms with van der Waals surface area (Å²) in [7, 11) is 1.75. The Balaban J connectivity index is 1.88. The molecule has 1 aromatic carbocycles. The van der Waals surface area contributed by atoms with Crippen molar-refractivity contribution in [2.24, 2.45) is 18.9 Å². The summed E-state index contributed by atoms with van der Waals surface area (Å²) in [5.74, 6) is -0.445. The van der Waals surface area contributed by atoms with Crippen LogP contribution in [0.5, 0.6) is 0 Å². The maximum atomic E-state index is 13.3. The van der Waals surface area contributed by atoms with Gasteiger partial charge in [-0.3, -0.25) is 4.79 Å². The lowest BCUT2D eigenvalue weighted by molar-refractivity contribution is 0.101. The molecule has 0 spiro atoms. The number of aryl methyl sites for hydroxylation is 1. The summed E-state index contributed by atoms with van der Waals surface area (Å²) in [5.41, 5.74) is 2.42. The second-order valence-electron chi connectivity index (χ2n) is 6.55. The van der Waals surface area contributed by atoms with Crippen LogP contribution < -0.4 is 5.32 Å². The minimum absolute atomic E-state index is 0.0527. The number of imidazole rings is 1. The molecule has 7 heteroatoms. The number of aliphatic hydroxyl groups is 1. The molecule has 1 aliphatic carbocycles. The molecular weight excluding hydrogens is 357 g/mol. The van der Waals surface area contributed by atoms with E-state index in [1.54, 1.807) is 17.9 Å². The highest BCUT2D eigenvalue weighted by atomic mass is 35.5. The van der Waals surface area contributed by atoms with Crippen molar-refractivity contribution in [1.82, 2.24) is 9.55 Å². The zero-order valence-electron chi connectivity index (χ0n) is 14.7. The zero-order chi connectivity index (χ0) is 18.8. The number of nitrogens with one attached hydrogen (secondary N) is 1. The Bertz CT molecular complexity index is 862. The van der Waals surface area contributed by atoms with E-state index in [0.29, 0.717) is 23.0 Å². The first-order chi connectivity index (χ1) is 12.4. The van der Waals surface area contributed by atoms with Gasteiger partial charge in [0.2, 0.25) is 0 Å². The van der Waals surface area contributed by atoms with Crippen molar-refractivity contribution in [1.29, 1.82) is 0 Å². The van der Waals surface area contributed by atoms with Gasteiger partial charge in [0.15, 0.2) is 0 Å². The van der Waals surface area contributed by atoms with Crippen molar-refractivity contribution in [3.63, 3.8) is 0 Å². The fraction of sp³-hybridized carbons (Fsp3) is 0.368. The van der Waals surface area contributed by atoms with Gasteiger partial charge in [0, 0.05) is 25.3 Å². The molecule has 0 radical (unpaired) electrons. The zero-order valence-corrected chi connectivity index (χ0v) is 15.4. The van der Waals surface area contributed by atoms with E-state index in [1.165, 1.54) is 18.2 Å². The SMILES string of the molecule is CCC1CC(c2ncn(C)c2C(=O)Nc2ccc(F)c(Cl)c2)=CC1CO. The van der Waals surface area contributed by atoms with Gasteiger partial charge in [0.25, 0.3) is 5.91 Å². The highest BCUT2D eigenvalue weighted by molar-refractivity contribution is 6.31. The third-order valence-corrected chi connectivity index (χ3v) is 5.16. The summed E-state index contributed by atoms with van der Waals surface area (Å²) < 4.78 is 15.0. The summed E-state index contributed by atoms with van der Waals surface area (Å²) >= 11 is 5.78. The van der Waals surface area contributed by atoms with Crippen molar-refractivity contribution < 1.29 is 14.3 Å². The van der Waals surface area contributed by atoms with E-state index in [2.05, 4.69) is 17.2 Å². The van der Waals surface area contributed by atoms with Crippen LogP contribution in [-0.2, 0) is 7.05 Å². The predicted molar refractivity (Wildman–Crippen MR) is 99.5 cm³/mol. The Morgan fingerprint density at radius 1 is 1.50 bits per heavy atom. The number of amides is 1. The average molecular weight is 378 g/mol. The van der Waals surface area contributed by atoms with Crippen LogP contribution in [0, 0.1) is 17.7 Å². The molecule has 0 bridgehead atoms. The predicted octanol–water partition coefficient (Wildman–Crippen LogP) is 3.89. The van der Waals surface area contributed by atoms with E-state index >= 15 is 0 Å². The van der Waals surface area contributed by atoms with Crippen LogP contribution in [-0.4, -0.2) is 27.2 Å². The number of halogens is 2. The van der Waals surface area contributed by atoms with Gasteiger partial charge in [-0.2, -0.15) is 0 Å². The number of carbonyl (C=O) groups is 1. The minimum atomic E-state index is -0.539. The molecule has 2 unspecified atom stereocenters. The molecule has 2 N–H and O–H groups in total. The molecule has 0 saturated carbocycles. The molecule has 1 amide bonds. The summed E-state index contributed by atoms with van der Waals surface area (Å²) in [6, 6.07) is 4.03. The molecule has 1 aromatic heterocycles. The molecule has 2 atom stereocenters. The van der Waals surface area contributed by atoms with Gasteiger partial charge in [0.1, 0.15) is 11.5 Å². The summed E-state index contributed by atoms with van der Waals surface area (Å²) in [5, 5.41) is 12.3. The maximum Gasteiger partial charge on any atom is 0.274 e. The highest BCUT2D eigenvalue weighted by Gasteiger charge is 2.30. The Labute approximate surface area is 156 Å². The van der Waals surface area contributed by atoms with Crippen LogP contribution in [0.1, 0.15) is 35.9 Å². The lowest BCUT2D eigenvalue weighted by Crippen LogP contribution is -2.17. The third kappa shape index (κ3) is 3.52. The maximum absolute atomic E-state index is 13.3. The minimum Gasteiger partial charge on any atom is -0.396 e. The number of aliphatic hydroxyl groups excluding tert-OH is 1. The Kier molecular flexibility index (Phi) is 5.44. The number of allylic oxidation sites excluding steroid dienone is 1. The normalized spacial score (nSPS) is 19.5. The quantitative estimate of drug-likeness (QED) is 0.830. The number of rotatable bonds is 5. The first-order valence-electron chi connectivity index (χ1n) is 8.54. The standard InChI is InChI=1S/C19H21ClFN3O2/c1-3-11-6-12(7-13(11)9-25)17-18(24(2)10-22-17)19(26)23-14-4-5-16(21)15(20)8-14/h4-5,7-8,10-11,13,25H,3,6,9H2,1-2H3,(H,23,26). The second-order valence-corrected chi connectivity index (χ2v) is 6.95. The van der Waals surface area contributed by atoms with Crippen LogP contribution in [0.2, 0.25) is 5.02 Å². The molecule has 0 fully saturated rings. The van der Waals surface area contributed by atoms with Gasteiger partial charge in [-0.05, 0) is 36.1 Å². The van der Waals surface area contributed by atoms with Crippen molar-refractivity contribution >= 4 is 28.8 Å². The summed E-state index contributed by atoms with van der Waals surface area (Å²) in [4.78, 5) is 17.2. The highest BCUT2D eigenvalue weighted by Crippen LogP contribution is 2.38. The average Bonchev–Trinajstić information content (AvgIpc) is 3.20. The monoisotopic (exact) mass is 377 g/mol. The van der Waals surface area contributed by atoms with Gasteiger partial charge in [0.05, 0.1) is 17.0 Å². The number of benzene rings is 1. The van der Waals surface area contributed by atoms with Crippen LogP contribution in [0.4, 0.5) is 10.1 Å². The molecular formula is C19H21ClFN3O2. The lowest BCUT2D eigenvalue weighted by atomic mass is 9.93. The first-order valence-corrected chi connectivity index (χ1v) is 8.92. The van der Waals surface area contributed by atoms with Crippen LogP contribution >= 0.6 is 11.6 Å². The van der Waals surface area contributed by atoms with Gasteiger partial charge < -0.3 is 15.0 Å². The van der Waals surface area contributed by atoms with Gasteiger partial charge >= 0.3 is 0 Å². The van der Waals surface area contributed by atoms with E-state index < -0.39 is 5.82 Å². The number of carbonyl (C=O) groups excluding carboxylic acids is 1. The molecule has 0 saturated heterocycles. The van der Waals surface area contributed by atoms with Gasteiger partial charge in [-0.1, -0.05) is 31.0 Å². The fourth-order valence-electron chi connectivity index (χ4n) is 3.42. The Morgan fingerprint density at radius 2 is 2.27 bits per heavy atom. The Morgan fingerprint density at radius 3 is 2.88 bits per heavy atom. The summed E-state index contributed by atoms with van der Waals surface area (Å²) in [6.07, 6.45) is 5.34. The molecule has 1 heterocycles. The first kappa shape index (κ1) is 18.6. The number of nitrogens with zero attached hydrogens (tertiary/aromatic N) is 2. The van der Waals surface area contributed by atoms with Gasteiger partial charge in [-0.25, -0.2) is 9.37 Å². The molecule has 5 nitrogen and oxygen atoms in total. The van der Waals surface area contributed by atoms with E-state index in [1.807, 2.05) is 6.08 Å². The number of hydrogen-bond acceptors (Lipinski definition) is 3. The second kappa shape index (κ2) is 7.60. The van der Waals surface area contributed by atoms with Crippen LogP contribution in [0.3, 0.4) is 0 Å². The fourth-order valence-corrected chi connectivity index (χ4v) is 3.60. The lowest BCUT2D eigenvalue weighted by Gasteiger charge is -2.14. The van der Waals surface area contributed by atoms with Crippen molar-refractivity contribution in [3.8, 4) is 0 Å². The van der Waals surface area contributed by atoms with Gasteiger partial charge in [-0.15, -0.1) is 0 Å².